The van der Waals surface area contributed by atoms with Crippen LogP contribution in [0.2, 0.25) is 13.1 Å². The maximum atomic E-state index is 4.37. The molecule has 0 N–H and O–H groups in total. The monoisotopic (exact) mass is 687 g/mol. The summed E-state index contributed by atoms with van der Waals surface area (Å²) in [6, 6.07) is 8.67. The van der Waals surface area contributed by atoms with Crippen LogP contribution in [0.1, 0.15) is 83.1 Å². The first-order valence-electron chi connectivity index (χ1n) is 14.3. The van der Waals surface area contributed by atoms with Gasteiger partial charge in [0.25, 0.3) is 0 Å². The van der Waals surface area contributed by atoms with Gasteiger partial charge in [-0.25, -0.2) is 12.1 Å². The Morgan fingerprint density at radius 1 is 0.472 bits per heavy atom. The van der Waals surface area contributed by atoms with Crippen LogP contribution in [-0.4, -0.2) is 48.1 Å². The zero-order valence-electron chi connectivity index (χ0n) is 26.9. The molecule has 0 aromatic heterocycles. The van der Waals surface area contributed by atoms with Crippen molar-refractivity contribution >= 4 is 14.0 Å². The number of hydrogen-bond acceptors (Lipinski definition) is 0. The third kappa shape index (κ3) is 44.3. The van der Waals surface area contributed by atoms with Crippen molar-refractivity contribution in [2.45, 2.75) is 96.2 Å². The Hall–Kier alpha value is 0.317. The van der Waals surface area contributed by atoms with Crippen molar-refractivity contribution in [1.82, 2.24) is 0 Å². The summed E-state index contributed by atoms with van der Waals surface area (Å²) in [5, 5.41) is 14.7. The van der Waals surface area contributed by atoms with Gasteiger partial charge in [-0.1, -0.05) is 132 Å². The van der Waals surface area contributed by atoms with Crippen molar-refractivity contribution in [3.8, 4) is 0 Å². The van der Waals surface area contributed by atoms with Gasteiger partial charge in [-0.05, 0) is 0 Å². The summed E-state index contributed by atoms with van der Waals surface area (Å²) in [5.74, 6) is 4.35. The molecule has 36 heavy (non-hydrogen) atoms. The molecule has 1 rings (SSSR count). The molecule has 1 aromatic rings. The van der Waals surface area contributed by atoms with E-state index < -0.39 is 8.80 Å². The van der Waals surface area contributed by atoms with Gasteiger partial charge in [-0.2, -0.15) is 17.3 Å². The van der Waals surface area contributed by atoms with Crippen LogP contribution in [0, 0.1) is 35.5 Å². The molecule has 5 heteroatoms. The Morgan fingerprint density at radius 3 is 0.778 bits per heavy atom. The van der Waals surface area contributed by atoms with Crippen molar-refractivity contribution in [3.05, 3.63) is 40.2 Å². The van der Waals surface area contributed by atoms with Crippen molar-refractivity contribution < 1.29 is 25.8 Å². The van der Waals surface area contributed by atoms with Gasteiger partial charge in [-0.15, -0.1) is 39.3 Å². The normalized spacial score (nSPS) is 10.8. The molecular formula is C31H65HfN3Si. The second kappa shape index (κ2) is 29.9. The molecule has 0 fully saturated rings. The average Bonchev–Trinajstić information content (AvgIpc) is 3.23. The molecule has 212 valence electrons. The molecular weight excluding hydrogens is 621 g/mol. The largest absolute Gasteiger partial charge is 4.00 e. The van der Waals surface area contributed by atoms with E-state index >= 15 is 0 Å². The molecule has 0 saturated heterocycles. The quantitative estimate of drug-likeness (QED) is 0.147. The van der Waals surface area contributed by atoms with Gasteiger partial charge in [-0.3, -0.25) is 0 Å². The van der Waals surface area contributed by atoms with Crippen molar-refractivity contribution in [3.63, 3.8) is 0 Å². The maximum Gasteiger partial charge on any atom is 4.00 e. The first-order valence-corrected chi connectivity index (χ1v) is 17.2. The topological polar surface area (TPSA) is 42.3 Å². The predicted octanol–water partition coefficient (Wildman–Crippen LogP) is 9.11. The minimum absolute atomic E-state index is 0. The van der Waals surface area contributed by atoms with Gasteiger partial charge in [0, 0.05) is 8.80 Å². The van der Waals surface area contributed by atoms with Crippen molar-refractivity contribution in [2.24, 2.45) is 35.5 Å². The van der Waals surface area contributed by atoms with E-state index in [0.717, 1.165) is 74.8 Å². The standard InChI is InChI=1S/3C8H18N.C7H11Si.Hf/c3*1-7(2)5-9-6-8(3)4;1-8(2)7-5-3-4-6-7;/h3*7-8H,5-6H2,1-4H3;3-6,8H,1-2H3;/q4*-1;+4. The van der Waals surface area contributed by atoms with E-state index in [4.69, 9.17) is 0 Å². The zero-order valence-corrected chi connectivity index (χ0v) is 31.7. The van der Waals surface area contributed by atoms with Crippen molar-refractivity contribution in [1.29, 1.82) is 0 Å². The molecule has 0 atom stereocenters. The van der Waals surface area contributed by atoms with Gasteiger partial charge in [0.2, 0.25) is 0 Å². The van der Waals surface area contributed by atoms with Crippen LogP contribution in [0.4, 0.5) is 0 Å². The summed E-state index contributed by atoms with van der Waals surface area (Å²) < 4.78 is 0. The van der Waals surface area contributed by atoms with Crippen LogP contribution in [0.25, 0.3) is 16.0 Å². The van der Waals surface area contributed by atoms with Crippen LogP contribution in [-0.2, 0) is 25.8 Å². The number of rotatable bonds is 13. The summed E-state index contributed by atoms with van der Waals surface area (Å²) in [7, 11) is -0.480. The second-order valence-corrected chi connectivity index (χ2v) is 15.5. The fourth-order valence-corrected chi connectivity index (χ4v) is 3.54. The molecule has 0 bridgehead atoms. The SMILES string of the molecule is CC(C)C[N-]CC(C)C.CC(C)C[N-]CC(C)C.CC(C)C[N-]CC(C)C.C[SiH](C)[c-]1cccc1.[Hf+4]. The molecule has 0 saturated carbocycles. The van der Waals surface area contributed by atoms with Gasteiger partial charge >= 0.3 is 25.8 Å². The molecule has 0 aliphatic heterocycles. The minimum Gasteiger partial charge on any atom is -0.662 e. The molecule has 0 heterocycles. The first kappa shape index (κ1) is 43.4. The molecule has 3 nitrogen and oxygen atoms in total. The summed E-state index contributed by atoms with van der Waals surface area (Å²) in [4.78, 5) is 0. The fraction of sp³-hybridized carbons (Fsp3) is 0.839. The van der Waals surface area contributed by atoms with E-state index in [9.17, 15) is 0 Å². The first-order chi connectivity index (χ1) is 16.2. The van der Waals surface area contributed by atoms with Gasteiger partial charge < -0.3 is 16.0 Å². The molecule has 0 unspecified atom stereocenters. The van der Waals surface area contributed by atoms with Crippen molar-refractivity contribution in [2.75, 3.05) is 39.3 Å². The van der Waals surface area contributed by atoms with Crippen LogP contribution in [0.5, 0.6) is 0 Å². The second-order valence-electron chi connectivity index (χ2n) is 12.5. The van der Waals surface area contributed by atoms with Gasteiger partial charge in [0.15, 0.2) is 0 Å². The fourth-order valence-electron chi connectivity index (χ4n) is 2.55. The third-order valence-electron chi connectivity index (χ3n) is 4.32. The van der Waals surface area contributed by atoms with E-state index in [2.05, 4.69) is 136 Å². The minimum atomic E-state index is -0.480. The van der Waals surface area contributed by atoms with Crippen LogP contribution in [0.3, 0.4) is 0 Å². The summed E-state index contributed by atoms with van der Waals surface area (Å²) in [5.41, 5.74) is 0. The average molecular weight is 686 g/mol. The van der Waals surface area contributed by atoms with E-state index in [1.165, 1.54) is 0 Å². The molecule has 0 radical (unpaired) electrons. The summed E-state index contributed by atoms with van der Waals surface area (Å²) in [6.07, 6.45) is 0. The smallest absolute Gasteiger partial charge is 0.662 e. The molecule has 0 spiro atoms. The zero-order chi connectivity index (χ0) is 27.8. The van der Waals surface area contributed by atoms with Crippen LogP contribution < -0.4 is 5.19 Å². The third-order valence-corrected chi connectivity index (χ3v) is 6.04. The predicted molar refractivity (Wildman–Crippen MR) is 169 cm³/mol. The van der Waals surface area contributed by atoms with E-state index in [1.807, 2.05) is 0 Å². The van der Waals surface area contributed by atoms with Crippen LogP contribution >= 0.6 is 0 Å². The van der Waals surface area contributed by atoms with E-state index in [0.29, 0.717) is 0 Å². The molecule has 0 aliphatic carbocycles. The molecule has 0 aliphatic rings. The van der Waals surface area contributed by atoms with Crippen LogP contribution in [0.15, 0.2) is 24.3 Å². The number of nitrogens with zero attached hydrogens (tertiary/aromatic N) is 3. The van der Waals surface area contributed by atoms with Gasteiger partial charge in [0.05, 0.1) is 0 Å². The summed E-state index contributed by atoms with van der Waals surface area (Å²) in [6.45, 7) is 37.2. The Balaban J connectivity index is -0.000000188. The van der Waals surface area contributed by atoms with E-state index in [1.54, 1.807) is 5.19 Å². The Morgan fingerprint density at radius 2 is 0.667 bits per heavy atom. The summed E-state index contributed by atoms with van der Waals surface area (Å²) >= 11 is 0. The molecule has 1 aromatic carbocycles. The Labute approximate surface area is 249 Å². The Kier molecular flexibility index (Phi) is 36.0. The Bertz CT molecular complexity index is 431. The van der Waals surface area contributed by atoms with Gasteiger partial charge in [0.1, 0.15) is 0 Å². The number of hydrogen-bond donors (Lipinski definition) is 0. The van der Waals surface area contributed by atoms with E-state index in [-0.39, 0.29) is 25.8 Å². The molecule has 0 amide bonds. The maximum absolute atomic E-state index is 4.37.